The molecule has 0 bridgehead atoms. The average molecular weight is 439 g/mol. The molecule has 2 N–H and O–H groups in total. The van der Waals surface area contributed by atoms with Gasteiger partial charge in [-0.15, -0.1) is 0 Å². The molecule has 31 heavy (non-hydrogen) atoms. The molecule has 1 amide bonds. The van der Waals surface area contributed by atoms with Gasteiger partial charge < -0.3 is 10.1 Å². The molecule has 0 fully saturated rings. The molecule has 0 aliphatic heterocycles. The van der Waals surface area contributed by atoms with E-state index in [0.717, 1.165) is 11.1 Å². The third-order valence-corrected chi connectivity index (χ3v) is 6.15. The van der Waals surface area contributed by atoms with Crippen molar-refractivity contribution in [2.45, 2.75) is 31.2 Å². The van der Waals surface area contributed by atoms with Crippen molar-refractivity contribution in [3.8, 4) is 5.75 Å². The number of aryl methyl sites for hydroxylation is 1. The molecule has 0 saturated heterocycles. The predicted octanol–water partition coefficient (Wildman–Crippen LogP) is 3.92. The van der Waals surface area contributed by atoms with Crippen LogP contribution in [0.3, 0.4) is 0 Å². The van der Waals surface area contributed by atoms with E-state index in [2.05, 4.69) is 10.0 Å². The van der Waals surface area contributed by atoms with Gasteiger partial charge in [-0.05, 0) is 62.2 Å². The van der Waals surface area contributed by atoms with Gasteiger partial charge in [0.2, 0.25) is 15.9 Å². The maximum atomic E-state index is 13.0. The second-order valence-corrected chi connectivity index (χ2v) is 8.84. The summed E-state index contributed by atoms with van der Waals surface area (Å²) in [4.78, 5) is 13.1. The van der Waals surface area contributed by atoms with Crippen molar-refractivity contribution in [2.75, 3.05) is 11.9 Å². The summed E-state index contributed by atoms with van der Waals surface area (Å²) in [7, 11) is -3.92. The van der Waals surface area contributed by atoms with Crippen LogP contribution in [0.15, 0.2) is 83.8 Å². The van der Waals surface area contributed by atoms with Crippen LogP contribution in [0.5, 0.6) is 5.75 Å². The van der Waals surface area contributed by atoms with E-state index in [1.54, 1.807) is 24.3 Å². The quantitative estimate of drug-likeness (QED) is 0.530. The molecule has 3 aromatic carbocycles. The standard InChI is InChI=1S/C24H26N2O4S/c1-3-30-21-13-15-22(16-14-21)31(28,29)26-23(17-19-7-5-4-6-8-19)24(27)25-20-11-9-18(2)10-12-20/h4-16,23,26H,3,17H2,1-2H3,(H,25,27). The maximum Gasteiger partial charge on any atom is 0.242 e. The van der Waals surface area contributed by atoms with Crippen LogP contribution < -0.4 is 14.8 Å². The number of carbonyl (C=O) groups excluding carboxylic acids is 1. The summed E-state index contributed by atoms with van der Waals surface area (Å²) in [6, 6.07) is 21.8. The molecule has 0 spiro atoms. The fraction of sp³-hybridized carbons (Fsp3) is 0.208. The largest absolute Gasteiger partial charge is 0.494 e. The fourth-order valence-corrected chi connectivity index (χ4v) is 4.24. The van der Waals surface area contributed by atoms with E-state index < -0.39 is 22.0 Å². The van der Waals surface area contributed by atoms with Gasteiger partial charge in [0.25, 0.3) is 0 Å². The summed E-state index contributed by atoms with van der Waals surface area (Å²) in [5.74, 6) is 0.154. The minimum absolute atomic E-state index is 0.0668. The van der Waals surface area contributed by atoms with Gasteiger partial charge in [0.1, 0.15) is 11.8 Å². The third-order valence-electron chi connectivity index (χ3n) is 4.66. The molecule has 0 heterocycles. The highest BCUT2D eigenvalue weighted by Gasteiger charge is 2.26. The van der Waals surface area contributed by atoms with Crippen molar-refractivity contribution >= 4 is 21.6 Å². The molecule has 1 atom stereocenters. The number of anilines is 1. The Morgan fingerprint density at radius 1 is 0.935 bits per heavy atom. The van der Waals surface area contributed by atoms with E-state index in [1.807, 2.05) is 56.3 Å². The van der Waals surface area contributed by atoms with Crippen molar-refractivity contribution in [3.05, 3.63) is 90.0 Å². The van der Waals surface area contributed by atoms with Crippen LogP contribution in [0.25, 0.3) is 0 Å². The van der Waals surface area contributed by atoms with Crippen molar-refractivity contribution in [1.29, 1.82) is 0 Å². The SMILES string of the molecule is CCOc1ccc(S(=O)(=O)NC(Cc2ccccc2)C(=O)Nc2ccc(C)cc2)cc1. The Hall–Kier alpha value is -3.16. The lowest BCUT2D eigenvalue weighted by Gasteiger charge is -2.19. The predicted molar refractivity (Wildman–Crippen MR) is 122 cm³/mol. The van der Waals surface area contributed by atoms with Gasteiger partial charge in [-0.25, -0.2) is 8.42 Å². The third kappa shape index (κ3) is 6.41. The molecule has 3 aromatic rings. The van der Waals surface area contributed by atoms with Crippen LogP contribution >= 0.6 is 0 Å². The number of carbonyl (C=O) groups is 1. The number of amides is 1. The summed E-state index contributed by atoms with van der Waals surface area (Å²) in [6.45, 7) is 4.30. The summed E-state index contributed by atoms with van der Waals surface area (Å²) < 4.78 is 33.9. The molecule has 0 radical (unpaired) electrons. The molecular formula is C24H26N2O4S. The lowest BCUT2D eigenvalue weighted by Crippen LogP contribution is -2.45. The van der Waals surface area contributed by atoms with Gasteiger partial charge >= 0.3 is 0 Å². The average Bonchev–Trinajstić information content (AvgIpc) is 2.76. The first-order valence-electron chi connectivity index (χ1n) is 10.0. The lowest BCUT2D eigenvalue weighted by atomic mass is 10.1. The van der Waals surface area contributed by atoms with E-state index in [0.29, 0.717) is 18.0 Å². The maximum absolute atomic E-state index is 13.0. The number of ether oxygens (including phenoxy) is 1. The van der Waals surface area contributed by atoms with Crippen LogP contribution in [0, 0.1) is 6.92 Å². The van der Waals surface area contributed by atoms with E-state index in [4.69, 9.17) is 4.74 Å². The highest BCUT2D eigenvalue weighted by Crippen LogP contribution is 2.17. The zero-order chi connectivity index (χ0) is 22.3. The van der Waals surface area contributed by atoms with Crippen LogP contribution in [0.1, 0.15) is 18.1 Å². The van der Waals surface area contributed by atoms with Gasteiger partial charge in [-0.3, -0.25) is 4.79 Å². The van der Waals surface area contributed by atoms with Gasteiger partial charge in [-0.2, -0.15) is 4.72 Å². The number of rotatable bonds is 9. The molecule has 0 saturated carbocycles. The summed E-state index contributed by atoms with van der Waals surface area (Å²) >= 11 is 0. The molecule has 6 nitrogen and oxygen atoms in total. The highest BCUT2D eigenvalue weighted by molar-refractivity contribution is 7.89. The van der Waals surface area contributed by atoms with Crippen molar-refractivity contribution in [2.24, 2.45) is 0 Å². The molecule has 162 valence electrons. The molecule has 0 aromatic heterocycles. The molecule has 1 unspecified atom stereocenters. The highest BCUT2D eigenvalue weighted by atomic mass is 32.2. The fourth-order valence-electron chi connectivity index (χ4n) is 3.04. The minimum Gasteiger partial charge on any atom is -0.494 e. The molecular weight excluding hydrogens is 412 g/mol. The van der Waals surface area contributed by atoms with Crippen LogP contribution in [0.4, 0.5) is 5.69 Å². The topological polar surface area (TPSA) is 84.5 Å². The minimum atomic E-state index is -3.92. The number of sulfonamides is 1. The monoisotopic (exact) mass is 438 g/mol. The number of hydrogen-bond donors (Lipinski definition) is 2. The van der Waals surface area contributed by atoms with E-state index >= 15 is 0 Å². The van der Waals surface area contributed by atoms with Crippen molar-refractivity contribution < 1.29 is 17.9 Å². The Balaban J connectivity index is 1.82. The molecule has 0 aliphatic carbocycles. The Bertz CT molecular complexity index is 1100. The Kier molecular flexibility index (Phi) is 7.44. The number of hydrogen-bond acceptors (Lipinski definition) is 4. The summed E-state index contributed by atoms with van der Waals surface area (Å²) in [6.07, 6.45) is 0.217. The first-order valence-corrected chi connectivity index (χ1v) is 11.5. The summed E-state index contributed by atoms with van der Waals surface area (Å²) in [5, 5.41) is 2.80. The second-order valence-electron chi connectivity index (χ2n) is 7.12. The van der Waals surface area contributed by atoms with E-state index in [1.165, 1.54) is 12.1 Å². The molecule has 3 rings (SSSR count). The normalized spacial score (nSPS) is 12.2. The number of benzene rings is 3. The summed E-state index contributed by atoms with van der Waals surface area (Å²) in [5.41, 5.74) is 2.52. The van der Waals surface area contributed by atoms with Gasteiger partial charge in [-0.1, -0.05) is 48.0 Å². The smallest absolute Gasteiger partial charge is 0.242 e. The van der Waals surface area contributed by atoms with Gasteiger partial charge in [0, 0.05) is 5.69 Å². The van der Waals surface area contributed by atoms with Crippen molar-refractivity contribution in [1.82, 2.24) is 4.72 Å². The zero-order valence-corrected chi connectivity index (χ0v) is 18.4. The first kappa shape index (κ1) is 22.5. The Morgan fingerprint density at radius 2 is 1.58 bits per heavy atom. The zero-order valence-electron chi connectivity index (χ0n) is 17.5. The van der Waals surface area contributed by atoms with Gasteiger partial charge in [0.15, 0.2) is 0 Å². The van der Waals surface area contributed by atoms with Crippen molar-refractivity contribution in [3.63, 3.8) is 0 Å². The molecule has 0 aliphatic rings. The Morgan fingerprint density at radius 3 is 2.19 bits per heavy atom. The second kappa shape index (κ2) is 10.2. The van der Waals surface area contributed by atoms with E-state index in [9.17, 15) is 13.2 Å². The molecule has 7 heteroatoms. The Labute approximate surface area is 183 Å². The van der Waals surface area contributed by atoms with Gasteiger partial charge in [0.05, 0.1) is 11.5 Å². The van der Waals surface area contributed by atoms with Crippen LogP contribution in [-0.2, 0) is 21.2 Å². The van der Waals surface area contributed by atoms with Crippen LogP contribution in [-0.4, -0.2) is 27.0 Å². The lowest BCUT2D eigenvalue weighted by molar-refractivity contribution is -0.117. The van der Waals surface area contributed by atoms with E-state index in [-0.39, 0.29) is 11.3 Å². The van der Waals surface area contributed by atoms with Crippen LogP contribution in [0.2, 0.25) is 0 Å². The number of nitrogens with one attached hydrogen (secondary N) is 2. The first-order chi connectivity index (χ1) is 14.9.